The molecule has 3 fully saturated rings. The smallest absolute Gasteiger partial charge is 0.155 e. The maximum atomic E-state index is 11.7. The van der Waals surface area contributed by atoms with Gasteiger partial charge in [0.15, 0.2) is 5.78 Å². The summed E-state index contributed by atoms with van der Waals surface area (Å²) in [6.45, 7) is 2.38. The minimum atomic E-state index is -0.0659. The van der Waals surface area contributed by atoms with Crippen LogP contribution in [0.25, 0.3) is 0 Å². The molecule has 4 aliphatic rings. The summed E-state index contributed by atoms with van der Waals surface area (Å²) in [4.78, 5) is 11.7. The number of ketones is 1. The molecule has 0 aromatic carbocycles. The summed E-state index contributed by atoms with van der Waals surface area (Å²) in [6, 6.07) is 0. The van der Waals surface area contributed by atoms with E-state index in [4.69, 9.17) is 10.5 Å². The van der Waals surface area contributed by atoms with Crippen LogP contribution in [0.5, 0.6) is 0 Å². The summed E-state index contributed by atoms with van der Waals surface area (Å²) in [7, 11) is 1.85. The van der Waals surface area contributed by atoms with Gasteiger partial charge in [0, 0.05) is 24.5 Å². The molecule has 0 radical (unpaired) electrons. The summed E-state index contributed by atoms with van der Waals surface area (Å²) in [6.07, 6.45) is 11.0. The van der Waals surface area contributed by atoms with Crippen LogP contribution in [0, 0.1) is 23.2 Å². The summed E-state index contributed by atoms with van der Waals surface area (Å²) >= 11 is 0. The molecule has 0 aliphatic heterocycles. The third-order valence-electron chi connectivity index (χ3n) is 7.84. The predicted molar refractivity (Wildman–Crippen MR) is 86.3 cm³/mol. The van der Waals surface area contributed by atoms with Gasteiger partial charge in [0.2, 0.25) is 0 Å². The molecule has 0 amide bonds. The molecule has 4 rings (SSSR count). The molecule has 4 aliphatic carbocycles. The topological polar surface area (TPSA) is 52.3 Å². The number of carbonyl (C=O) groups excluding carboxylic acids is 1. The molecule has 3 saturated carbocycles. The molecule has 0 aromatic heterocycles. The molecule has 2 N–H and O–H groups in total. The lowest BCUT2D eigenvalue weighted by molar-refractivity contribution is -0.116. The molecular weight excluding hydrogens is 274 g/mol. The van der Waals surface area contributed by atoms with Gasteiger partial charge in [-0.05, 0) is 68.8 Å². The summed E-state index contributed by atoms with van der Waals surface area (Å²) < 4.78 is 5.81. The number of rotatable bonds is 1. The fourth-order valence-electron chi connectivity index (χ4n) is 6.60. The molecule has 0 aromatic rings. The monoisotopic (exact) mass is 303 g/mol. The second kappa shape index (κ2) is 4.91. The summed E-state index contributed by atoms with van der Waals surface area (Å²) in [5, 5.41) is 0. The van der Waals surface area contributed by atoms with Crippen molar-refractivity contribution in [2.75, 3.05) is 7.11 Å². The highest BCUT2D eigenvalue weighted by atomic mass is 16.5. The van der Waals surface area contributed by atoms with Crippen molar-refractivity contribution >= 4 is 5.78 Å². The van der Waals surface area contributed by atoms with Gasteiger partial charge in [-0.1, -0.05) is 12.5 Å². The van der Waals surface area contributed by atoms with Crippen LogP contribution < -0.4 is 5.73 Å². The Morgan fingerprint density at radius 1 is 1.18 bits per heavy atom. The average molecular weight is 303 g/mol. The average Bonchev–Trinajstić information content (AvgIpc) is 2.78. The van der Waals surface area contributed by atoms with Gasteiger partial charge in [-0.25, -0.2) is 0 Å². The Hall–Kier alpha value is -0.670. The number of fused-ring (bicyclic) bond motifs is 5. The zero-order chi connectivity index (χ0) is 15.5. The van der Waals surface area contributed by atoms with E-state index in [2.05, 4.69) is 6.92 Å². The third kappa shape index (κ3) is 1.78. The second-order valence-corrected chi connectivity index (χ2v) is 8.40. The summed E-state index contributed by atoms with van der Waals surface area (Å²) in [5.41, 5.74) is 8.61. The van der Waals surface area contributed by atoms with Gasteiger partial charge in [0.25, 0.3) is 0 Å². The van der Waals surface area contributed by atoms with Gasteiger partial charge >= 0.3 is 0 Å². The molecule has 6 atom stereocenters. The van der Waals surface area contributed by atoms with E-state index in [1.807, 2.05) is 13.2 Å². The number of allylic oxidation sites excluding steroid dienone is 1. The number of carbonyl (C=O) groups is 1. The van der Waals surface area contributed by atoms with Crippen molar-refractivity contribution in [1.82, 2.24) is 0 Å². The van der Waals surface area contributed by atoms with E-state index in [9.17, 15) is 4.79 Å². The first-order valence-corrected chi connectivity index (χ1v) is 9.04. The van der Waals surface area contributed by atoms with E-state index in [0.717, 1.165) is 32.1 Å². The number of ether oxygens (including phenoxy) is 1. The number of nitrogens with two attached hydrogens (primary N) is 1. The van der Waals surface area contributed by atoms with Crippen molar-refractivity contribution in [1.29, 1.82) is 0 Å². The van der Waals surface area contributed by atoms with Crippen LogP contribution in [0.15, 0.2) is 11.6 Å². The maximum absolute atomic E-state index is 11.7. The Morgan fingerprint density at radius 2 is 2.00 bits per heavy atom. The largest absolute Gasteiger partial charge is 0.381 e. The van der Waals surface area contributed by atoms with E-state index < -0.39 is 0 Å². The van der Waals surface area contributed by atoms with E-state index >= 15 is 0 Å². The molecule has 0 spiro atoms. The Morgan fingerprint density at radius 3 is 2.77 bits per heavy atom. The van der Waals surface area contributed by atoms with Crippen molar-refractivity contribution in [2.24, 2.45) is 28.9 Å². The third-order valence-corrected chi connectivity index (χ3v) is 7.84. The lowest BCUT2D eigenvalue weighted by atomic mass is 9.49. The van der Waals surface area contributed by atoms with Crippen LogP contribution >= 0.6 is 0 Å². The van der Waals surface area contributed by atoms with E-state index in [1.54, 1.807) is 0 Å². The van der Waals surface area contributed by atoms with Gasteiger partial charge in [0.05, 0.1) is 6.10 Å². The van der Waals surface area contributed by atoms with Crippen molar-refractivity contribution in [2.45, 2.75) is 69.9 Å². The zero-order valence-corrected chi connectivity index (χ0v) is 13.9. The molecule has 3 heteroatoms. The standard InChI is InChI=1S/C19H29NO2/c1-18-9-7-15-14-5-4-13(21)11-12(14)3-6-16(15)19(18,20)10-8-17(18)22-2/h11,14-17H,3-10,20H2,1-2H3/t14-,15+,16+,17-,18+,19+/m0/s1. The highest BCUT2D eigenvalue weighted by Gasteiger charge is 2.63. The quantitative estimate of drug-likeness (QED) is 0.809. The molecule has 3 nitrogen and oxygen atoms in total. The van der Waals surface area contributed by atoms with Gasteiger partial charge in [-0.3, -0.25) is 4.79 Å². The first kappa shape index (κ1) is 14.9. The Kier molecular flexibility index (Phi) is 3.32. The van der Waals surface area contributed by atoms with E-state index in [-0.39, 0.29) is 11.0 Å². The van der Waals surface area contributed by atoms with Gasteiger partial charge in [0.1, 0.15) is 0 Å². The molecule has 122 valence electrons. The minimum absolute atomic E-state index is 0.0659. The van der Waals surface area contributed by atoms with Crippen LogP contribution in [0.4, 0.5) is 0 Å². The molecular formula is C19H29NO2. The summed E-state index contributed by atoms with van der Waals surface area (Å²) in [5.74, 6) is 2.28. The van der Waals surface area contributed by atoms with E-state index in [1.165, 1.54) is 24.8 Å². The van der Waals surface area contributed by atoms with Crippen LogP contribution in [-0.2, 0) is 9.53 Å². The van der Waals surface area contributed by atoms with Crippen molar-refractivity contribution in [3.63, 3.8) is 0 Å². The van der Waals surface area contributed by atoms with Gasteiger partial charge in [-0.2, -0.15) is 0 Å². The fourth-order valence-corrected chi connectivity index (χ4v) is 6.60. The molecule has 0 bridgehead atoms. The van der Waals surface area contributed by atoms with Crippen molar-refractivity contribution in [3.05, 3.63) is 11.6 Å². The van der Waals surface area contributed by atoms with E-state index in [0.29, 0.717) is 29.6 Å². The predicted octanol–water partition coefficient (Wildman–Crippen LogP) is 3.22. The van der Waals surface area contributed by atoms with Crippen LogP contribution in [0.3, 0.4) is 0 Å². The van der Waals surface area contributed by atoms with Crippen LogP contribution in [-0.4, -0.2) is 24.5 Å². The minimum Gasteiger partial charge on any atom is -0.381 e. The number of hydrogen-bond donors (Lipinski definition) is 1. The lowest BCUT2D eigenvalue weighted by Crippen LogP contribution is -2.64. The fraction of sp³-hybridized carbons (Fsp3) is 0.842. The number of hydrogen-bond acceptors (Lipinski definition) is 3. The first-order chi connectivity index (χ1) is 10.5. The molecule has 0 heterocycles. The second-order valence-electron chi connectivity index (χ2n) is 8.40. The highest BCUT2D eigenvalue weighted by Crippen LogP contribution is 2.63. The van der Waals surface area contributed by atoms with Gasteiger partial charge < -0.3 is 10.5 Å². The van der Waals surface area contributed by atoms with Crippen LogP contribution in [0.1, 0.15) is 58.3 Å². The Balaban J connectivity index is 1.67. The van der Waals surface area contributed by atoms with Crippen molar-refractivity contribution < 1.29 is 9.53 Å². The Labute approximate surface area is 133 Å². The molecule has 22 heavy (non-hydrogen) atoms. The zero-order valence-electron chi connectivity index (χ0n) is 13.9. The van der Waals surface area contributed by atoms with Crippen LogP contribution in [0.2, 0.25) is 0 Å². The lowest BCUT2D eigenvalue weighted by Gasteiger charge is -2.59. The normalized spacial score (nSPS) is 50.9. The SMILES string of the molecule is CO[C@H]1CC[C@@]2(N)[C@@H]3CCC4=CC(=O)CC[C@@H]4[C@H]3CC[C@]12C. The molecule has 0 saturated heterocycles. The highest BCUT2D eigenvalue weighted by molar-refractivity contribution is 5.91. The molecule has 0 unspecified atom stereocenters. The maximum Gasteiger partial charge on any atom is 0.155 e. The van der Waals surface area contributed by atoms with Crippen molar-refractivity contribution in [3.8, 4) is 0 Å². The number of methoxy groups -OCH3 is 1. The first-order valence-electron chi connectivity index (χ1n) is 9.04. The Bertz CT molecular complexity index is 528. The van der Waals surface area contributed by atoms with Gasteiger partial charge in [-0.15, -0.1) is 0 Å².